The van der Waals surface area contributed by atoms with Gasteiger partial charge < -0.3 is 15.0 Å². The van der Waals surface area contributed by atoms with Crippen molar-refractivity contribution >= 4 is 11.9 Å². The van der Waals surface area contributed by atoms with Gasteiger partial charge in [-0.05, 0) is 36.3 Å². The van der Waals surface area contributed by atoms with Gasteiger partial charge in [0.2, 0.25) is 0 Å². The van der Waals surface area contributed by atoms with Gasteiger partial charge in [0, 0.05) is 19.6 Å². The van der Waals surface area contributed by atoms with E-state index in [0.717, 1.165) is 38.4 Å². The smallest absolute Gasteiger partial charge is 0.308 e. The standard InChI is InChI=1S/C21H33N3O2/c1-6-22-20(24-13-11-17(12-14-24)19(25)26-5)23-15-16-7-9-18(10-8-16)21(2,3)4/h7-10,17H,6,11-15H2,1-5H3,(H,22,23). The molecule has 0 aromatic heterocycles. The summed E-state index contributed by atoms with van der Waals surface area (Å²) in [7, 11) is 1.46. The number of nitrogens with zero attached hydrogens (tertiary/aromatic N) is 2. The van der Waals surface area contributed by atoms with Crippen LogP contribution in [-0.2, 0) is 21.5 Å². The fraction of sp³-hybridized carbons (Fsp3) is 0.619. The monoisotopic (exact) mass is 359 g/mol. The third-order valence-electron chi connectivity index (χ3n) is 4.90. The summed E-state index contributed by atoms with van der Waals surface area (Å²) in [6.45, 7) is 11.9. The van der Waals surface area contributed by atoms with Gasteiger partial charge in [0.15, 0.2) is 5.96 Å². The molecule has 1 fully saturated rings. The molecule has 0 radical (unpaired) electrons. The van der Waals surface area contributed by atoms with Crippen LogP contribution in [0.5, 0.6) is 0 Å². The summed E-state index contributed by atoms with van der Waals surface area (Å²) in [6.07, 6.45) is 1.63. The third-order valence-corrected chi connectivity index (χ3v) is 4.90. The first kappa shape index (κ1) is 20.3. The number of hydrogen-bond acceptors (Lipinski definition) is 3. The Kier molecular flexibility index (Phi) is 7.06. The van der Waals surface area contributed by atoms with Crippen molar-refractivity contribution < 1.29 is 9.53 Å². The van der Waals surface area contributed by atoms with E-state index in [1.54, 1.807) is 0 Å². The van der Waals surface area contributed by atoms with Gasteiger partial charge in [-0.2, -0.15) is 0 Å². The number of hydrogen-bond donors (Lipinski definition) is 1. The highest BCUT2D eigenvalue weighted by molar-refractivity contribution is 5.80. The second-order valence-corrected chi connectivity index (χ2v) is 7.90. The van der Waals surface area contributed by atoms with Crippen molar-refractivity contribution in [2.75, 3.05) is 26.7 Å². The molecule has 1 saturated heterocycles. The van der Waals surface area contributed by atoms with Crippen LogP contribution >= 0.6 is 0 Å². The number of carbonyl (C=O) groups excluding carboxylic acids is 1. The van der Waals surface area contributed by atoms with Crippen molar-refractivity contribution in [3.63, 3.8) is 0 Å². The number of esters is 1. The van der Waals surface area contributed by atoms with Gasteiger partial charge in [0.05, 0.1) is 19.6 Å². The maximum absolute atomic E-state index is 11.7. The number of piperidine rings is 1. The molecule has 1 heterocycles. The third kappa shape index (κ3) is 5.48. The van der Waals surface area contributed by atoms with Gasteiger partial charge in [-0.1, -0.05) is 45.0 Å². The van der Waals surface area contributed by atoms with Crippen LogP contribution in [0.1, 0.15) is 51.7 Å². The van der Waals surface area contributed by atoms with Crippen LogP contribution in [0.25, 0.3) is 0 Å². The Hall–Kier alpha value is -2.04. The van der Waals surface area contributed by atoms with Gasteiger partial charge in [0.25, 0.3) is 0 Å². The summed E-state index contributed by atoms with van der Waals surface area (Å²) in [6, 6.07) is 8.72. The molecule has 2 rings (SSSR count). The second-order valence-electron chi connectivity index (χ2n) is 7.90. The first-order valence-electron chi connectivity index (χ1n) is 9.55. The van der Waals surface area contributed by atoms with Crippen LogP contribution in [-0.4, -0.2) is 43.6 Å². The highest BCUT2D eigenvalue weighted by Crippen LogP contribution is 2.22. The molecule has 0 amide bonds. The van der Waals surface area contributed by atoms with E-state index in [0.29, 0.717) is 6.54 Å². The molecule has 0 spiro atoms. The maximum Gasteiger partial charge on any atom is 0.308 e. The molecular weight excluding hydrogens is 326 g/mol. The van der Waals surface area contributed by atoms with E-state index in [9.17, 15) is 4.79 Å². The topological polar surface area (TPSA) is 53.9 Å². The van der Waals surface area contributed by atoms with Gasteiger partial charge in [-0.3, -0.25) is 4.79 Å². The van der Waals surface area contributed by atoms with E-state index in [-0.39, 0.29) is 17.3 Å². The molecule has 0 unspecified atom stereocenters. The van der Waals surface area contributed by atoms with Crippen molar-refractivity contribution in [2.24, 2.45) is 10.9 Å². The maximum atomic E-state index is 11.7. The lowest BCUT2D eigenvalue weighted by Gasteiger charge is -2.33. The van der Waals surface area contributed by atoms with Crippen LogP contribution < -0.4 is 5.32 Å². The Morgan fingerprint density at radius 1 is 1.23 bits per heavy atom. The molecule has 1 aliphatic heterocycles. The fourth-order valence-electron chi connectivity index (χ4n) is 3.20. The molecule has 144 valence electrons. The lowest BCUT2D eigenvalue weighted by atomic mass is 9.87. The lowest BCUT2D eigenvalue weighted by molar-refractivity contribution is -0.146. The molecule has 0 bridgehead atoms. The van der Waals surface area contributed by atoms with Crippen molar-refractivity contribution in [1.29, 1.82) is 0 Å². The largest absolute Gasteiger partial charge is 0.469 e. The lowest BCUT2D eigenvalue weighted by Crippen LogP contribution is -2.46. The Balaban J connectivity index is 2.00. The van der Waals surface area contributed by atoms with Gasteiger partial charge in [-0.25, -0.2) is 4.99 Å². The van der Waals surface area contributed by atoms with E-state index in [1.165, 1.54) is 18.2 Å². The van der Waals surface area contributed by atoms with Crippen molar-refractivity contribution in [3.05, 3.63) is 35.4 Å². The molecule has 1 N–H and O–H groups in total. The number of methoxy groups -OCH3 is 1. The van der Waals surface area contributed by atoms with Crippen molar-refractivity contribution in [1.82, 2.24) is 10.2 Å². The molecule has 1 aromatic rings. The van der Waals surface area contributed by atoms with Crippen molar-refractivity contribution in [3.8, 4) is 0 Å². The number of aliphatic imine (C=N–C) groups is 1. The zero-order chi connectivity index (χ0) is 19.2. The molecule has 5 nitrogen and oxygen atoms in total. The molecular formula is C21H33N3O2. The van der Waals surface area contributed by atoms with Gasteiger partial charge in [-0.15, -0.1) is 0 Å². The number of likely N-dealkylation sites (tertiary alicyclic amines) is 1. The Bertz CT molecular complexity index is 609. The summed E-state index contributed by atoms with van der Waals surface area (Å²) >= 11 is 0. The van der Waals surface area contributed by atoms with Crippen LogP contribution in [0, 0.1) is 5.92 Å². The molecule has 0 aliphatic carbocycles. The average molecular weight is 360 g/mol. The highest BCUT2D eigenvalue weighted by atomic mass is 16.5. The summed E-state index contributed by atoms with van der Waals surface area (Å²) in [4.78, 5) is 18.7. The van der Waals surface area contributed by atoms with E-state index < -0.39 is 0 Å². The van der Waals surface area contributed by atoms with Crippen molar-refractivity contribution in [2.45, 2.75) is 52.5 Å². The van der Waals surface area contributed by atoms with Gasteiger partial charge in [0.1, 0.15) is 0 Å². The zero-order valence-electron chi connectivity index (χ0n) is 16.8. The number of guanidine groups is 1. The van der Waals surface area contributed by atoms with Gasteiger partial charge >= 0.3 is 5.97 Å². The van der Waals surface area contributed by atoms with Crippen LogP contribution in [0.3, 0.4) is 0 Å². The summed E-state index contributed by atoms with van der Waals surface area (Å²) < 4.78 is 4.87. The van der Waals surface area contributed by atoms with E-state index in [2.05, 4.69) is 62.2 Å². The predicted molar refractivity (Wildman–Crippen MR) is 106 cm³/mol. The molecule has 26 heavy (non-hydrogen) atoms. The normalized spacial score (nSPS) is 16.5. The quantitative estimate of drug-likeness (QED) is 0.509. The predicted octanol–water partition coefficient (Wildman–Crippen LogP) is 3.33. The minimum Gasteiger partial charge on any atom is -0.469 e. The minimum atomic E-state index is -0.0921. The zero-order valence-corrected chi connectivity index (χ0v) is 16.8. The first-order valence-corrected chi connectivity index (χ1v) is 9.55. The Labute approximate surface area is 157 Å². The molecule has 0 atom stereocenters. The number of rotatable bonds is 4. The van der Waals surface area contributed by atoms with E-state index in [4.69, 9.17) is 9.73 Å². The SMILES string of the molecule is CCNC(=NCc1ccc(C(C)(C)C)cc1)N1CCC(C(=O)OC)CC1. The highest BCUT2D eigenvalue weighted by Gasteiger charge is 2.26. The summed E-state index contributed by atoms with van der Waals surface area (Å²) in [5, 5.41) is 3.38. The van der Waals surface area contributed by atoms with E-state index >= 15 is 0 Å². The first-order chi connectivity index (χ1) is 12.3. The number of ether oxygens (including phenoxy) is 1. The molecule has 5 heteroatoms. The van der Waals surface area contributed by atoms with Crippen LogP contribution in [0.2, 0.25) is 0 Å². The summed E-state index contributed by atoms with van der Waals surface area (Å²) in [5.41, 5.74) is 2.71. The Morgan fingerprint density at radius 3 is 2.35 bits per heavy atom. The molecule has 1 aliphatic rings. The molecule has 1 aromatic carbocycles. The minimum absolute atomic E-state index is 0.0177. The van der Waals surface area contributed by atoms with Crippen LogP contribution in [0.4, 0.5) is 0 Å². The molecule has 0 saturated carbocycles. The van der Waals surface area contributed by atoms with Crippen LogP contribution in [0.15, 0.2) is 29.3 Å². The average Bonchev–Trinajstić information content (AvgIpc) is 2.64. The fourth-order valence-corrected chi connectivity index (χ4v) is 3.20. The summed E-state index contributed by atoms with van der Waals surface area (Å²) in [5.74, 6) is 0.852. The van der Waals surface area contributed by atoms with E-state index in [1.807, 2.05) is 0 Å². The number of carbonyl (C=O) groups is 1. The second kappa shape index (κ2) is 9.06. The Morgan fingerprint density at radius 2 is 1.85 bits per heavy atom. The number of nitrogens with one attached hydrogen (secondary N) is 1. The number of benzene rings is 1.